The van der Waals surface area contributed by atoms with Gasteiger partial charge in [0.05, 0.1) is 25.3 Å². The number of nitrogens with one attached hydrogen (secondary N) is 2. The van der Waals surface area contributed by atoms with Gasteiger partial charge < -0.3 is 19.8 Å². The molecule has 90 valence electrons. The molecule has 0 radical (unpaired) electrons. The molecule has 0 bridgehead atoms. The minimum absolute atomic E-state index is 0.0768. The van der Waals surface area contributed by atoms with Gasteiger partial charge in [0.1, 0.15) is 12.3 Å². The van der Waals surface area contributed by atoms with Crippen LogP contribution in [0.5, 0.6) is 5.75 Å². The summed E-state index contributed by atoms with van der Waals surface area (Å²) in [6.45, 7) is 0.0768. The molecule has 2 rings (SSSR count). The summed E-state index contributed by atoms with van der Waals surface area (Å²) in [5, 5.41) is 2.84. The molecule has 0 fully saturated rings. The standard InChI is InChI=1S/C11H13N3O3/c1-16-7-3-4-8-9(5-7)14-11(13-8)12-6-10(15)17-2/h3-5H,6H2,1-2H3,(H2,12,13,14). The normalized spacial score (nSPS) is 10.2. The molecule has 2 aromatic rings. The maximum Gasteiger partial charge on any atom is 0.325 e. The fraction of sp³-hybridized carbons (Fsp3) is 0.273. The molecule has 2 N–H and O–H groups in total. The molecule has 0 spiro atoms. The first-order valence-electron chi connectivity index (χ1n) is 5.07. The number of nitrogens with zero attached hydrogens (tertiary/aromatic N) is 1. The number of ether oxygens (including phenoxy) is 2. The Balaban J connectivity index is 2.17. The SMILES string of the molecule is COC(=O)CNc1nc2ccc(OC)cc2[nH]1. The van der Waals surface area contributed by atoms with E-state index in [1.54, 1.807) is 7.11 Å². The van der Waals surface area contributed by atoms with Crippen molar-refractivity contribution in [2.45, 2.75) is 0 Å². The molecule has 0 aliphatic rings. The second kappa shape index (κ2) is 4.73. The molecular formula is C11H13N3O3. The zero-order valence-corrected chi connectivity index (χ0v) is 9.61. The average molecular weight is 235 g/mol. The van der Waals surface area contributed by atoms with Gasteiger partial charge in [0.25, 0.3) is 0 Å². The summed E-state index contributed by atoms with van der Waals surface area (Å²) in [6, 6.07) is 5.51. The van der Waals surface area contributed by atoms with E-state index in [2.05, 4.69) is 20.0 Å². The van der Waals surface area contributed by atoms with Crippen molar-refractivity contribution in [1.29, 1.82) is 0 Å². The molecule has 0 aliphatic carbocycles. The molecule has 0 unspecified atom stereocenters. The van der Waals surface area contributed by atoms with Crippen molar-refractivity contribution in [1.82, 2.24) is 9.97 Å². The van der Waals surface area contributed by atoms with Crippen molar-refractivity contribution in [3.63, 3.8) is 0 Å². The first-order chi connectivity index (χ1) is 8.22. The Morgan fingerprint density at radius 1 is 1.47 bits per heavy atom. The van der Waals surface area contributed by atoms with Crippen LogP contribution in [0, 0.1) is 0 Å². The van der Waals surface area contributed by atoms with Crippen molar-refractivity contribution in [3.8, 4) is 5.75 Å². The molecule has 0 saturated heterocycles. The third-order valence-corrected chi connectivity index (χ3v) is 2.32. The number of hydrogen-bond acceptors (Lipinski definition) is 5. The molecular weight excluding hydrogens is 222 g/mol. The molecule has 0 atom stereocenters. The summed E-state index contributed by atoms with van der Waals surface area (Å²) in [6.07, 6.45) is 0. The number of benzene rings is 1. The van der Waals surface area contributed by atoms with Crippen LogP contribution in [0.25, 0.3) is 11.0 Å². The lowest BCUT2D eigenvalue weighted by Gasteiger charge is -1.99. The number of esters is 1. The number of carbonyl (C=O) groups excluding carboxylic acids is 1. The number of hydrogen-bond donors (Lipinski definition) is 2. The van der Waals surface area contributed by atoms with Crippen molar-refractivity contribution in [2.75, 3.05) is 26.1 Å². The third-order valence-electron chi connectivity index (χ3n) is 2.32. The van der Waals surface area contributed by atoms with E-state index in [1.807, 2.05) is 18.2 Å². The molecule has 1 aromatic carbocycles. The van der Waals surface area contributed by atoms with Crippen molar-refractivity contribution in [2.24, 2.45) is 0 Å². The molecule has 17 heavy (non-hydrogen) atoms. The zero-order valence-electron chi connectivity index (χ0n) is 9.61. The molecule has 1 heterocycles. The smallest absolute Gasteiger partial charge is 0.325 e. The van der Waals surface area contributed by atoms with Crippen LogP contribution in [0.4, 0.5) is 5.95 Å². The van der Waals surface area contributed by atoms with E-state index in [9.17, 15) is 4.79 Å². The Labute approximate surface area is 97.9 Å². The Kier molecular flexibility index (Phi) is 3.13. The molecule has 1 aromatic heterocycles. The predicted molar refractivity (Wildman–Crippen MR) is 63.2 cm³/mol. The molecule has 6 heteroatoms. The summed E-state index contributed by atoms with van der Waals surface area (Å²) in [5.41, 5.74) is 1.65. The van der Waals surface area contributed by atoms with Crippen LogP contribution < -0.4 is 10.1 Å². The highest BCUT2D eigenvalue weighted by Gasteiger charge is 2.05. The maximum atomic E-state index is 11.0. The van der Waals surface area contributed by atoms with E-state index in [0.29, 0.717) is 5.95 Å². The minimum Gasteiger partial charge on any atom is -0.497 e. The summed E-state index contributed by atoms with van der Waals surface area (Å²) >= 11 is 0. The van der Waals surface area contributed by atoms with Gasteiger partial charge in [-0.15, -0.1) is 0 Å². The average Bonchev–Trinajstić information content (AvgIpc) is 2.77. The highest BCUT2D eigenvalue weighted by Crippen LogP contribution is 2.20. The minimum atomic E-state index is -0.344. The lowest BCUT2D eigenvalue weighted by molar-refractivity contribution is -0.138. The Morgan fingerprint density at radius 3 is 3.00 bits per heavy atom. The molecule has 0 amide bonds. The van der Waals surface area contributed by atoms with Crippen molar-refractivity contribution < 1.29 is 14.3 Å². The van der Waals surface area contributed by atoms with E-state index < -0.39 is 0 Å². The van der Waals surface area contributed by atoms with Crippen molar-refractivity contribution in [3.05, 3.63) is 18.2 Å². The van der Waals surface area contributed by atoms with Gasteiger partial charge in [-0.3, -0.25) is 4.79 Å². The second-order valence-corrected chi connectivity index (χ2v) is 3.40. The number of aromatic nitrogens is 2. The fourth-order valence-electron chi connectivity index (χ4n) is 1.43. The van der Waals surface area contributed by atoms with Crippen molar-refractivity contribution >= 4 is 23.0 Å². The molecule has 6 nitrogen and oxygen atoms in total. The van der Waals surface area contributed by atoms with Gasteiger partial charge in [-0.1, -0.05) is 0 Å². The highest BCUT2D eigenvalue weighted by atomic mass is 16.5. The summed E-state index contributed by atoms with van der Waals surface area (Å²) in [7, 11) is 2.95. The van der Waals surface area contributed by atoms with E-state index in [0.717, 1.165) is 16.8 Å². The molecule has 0 aliphatic heterocycles. The first kappa shape index (κ1) is 11.3. The van der Waals surface area contributed by atoms with Gasteiger partial charge in [-0.25, -0.2) is 4.98 Å². The van der Waals surface area contributed by atoms with E-state index >= 15 is 0 Å². The van der Waals surface area contributed by atoms with Gasteiger partial charge in [-0.05, 0) is 12.1 Å². The summed E-state index contributed by atoms with van der Waals surface area (Å²) < 4.78 is 9.62. The maximum absolute atomic E-state index is 11.0. The van der Waals surface area contributed by atoms with Gasteiger partial charge in [0.15, 0.2) is 0 Å². The van der Waals surface area contributed by atoms with E-state index in [-0.39, 0.29) is 12.5 Å². The van der Waals surface area contributed by atoms with Gasteiger partial charge in [0.2, 0.25) is 5.95 Å². The quantitative estimate of drug-likeness (QED) is 0.777. The van der Waals surface area contributed by atoms with Crippen LogP contribution in [0.15, 0.2) is 18.2 Å². The highest BCUT2D eigenvalue weighted by molar-refractivity contribution is 5.80. The number of rotatable bonds is 4. The Bertz CT molecular complexity index is 536. The van der Waals surface area contributed by atoms with Gasteiger partial charge in [-0.2, -0.15) is 0 Å². The van der Waals surface area contributed by atoms with Crippen LogP contribution >= 0.6 is 0 Å². The second-order valence-electron chi connectivity index (χ2n) is 3.40. The number of carbonyl (C=O) groups is 1. The lowest BCUT2D eigenvalue weighted by Crippen LogP contribution is -2.15. The molecule has 0 saturated carbocycles. The van der Waals surface area contributed by atoms with Crippen LogP contribution in [0.3, 0.4) is 0 Å². The summed E-state index contributed by atoms with van der Waals surface area (Å²) in [5.74, 6) is 0.933. The summed E-state index contributed by atoms with van der Waals surface area (Å²) in [4.78, 5) is 18.3. The monoisotopic (exact) mass is 235 g/mol. The topological polar surface area (TPSA) is 76.2 Å². The van der Waals surface area contributed by atoms with Crippen LogP contribution in [0.1, 0.15) is 0 Å². The Hall–Kier alpha value is -2.24. The largest absolute Gasteiger partial charge is 0.497 e. The van der Waals surface area contributed by atoms with E-state index in [1.165, 1.54) is 7.11 Å². The fourth-order valence-corrected chi connectivity index (χ4v) is 1.43. The number of imidazole rings is 1. The number of methoxy groups -OCH3 is 2. The van der Waals surface area contributed by atoms with Gasteiger partial charge in [0, 0.05) is 6.07 Å². The number of anilines is 1. The zero-order chi connectivity index (χ0) is 12.3. The number of H-pyrrole nitrogens is 1. The van der Waals surface area contributed by atoms with Crippen LogP contribution in [0.2, 0.25) is 0 Å². The first-order valence-corrected chi connectivity index (χ1v) is 5.07. The number of aromatic amines is 1. The van der Waals surface area contributed by atoms with Gasteiger partial charge >= 0.3 is 5.97 Å². The number of fused-ring (bicyclic) bond motifs is 1. The lowest BCUT2D eigenvalue weighted by atomic mass is 10.3. The Morgan fingerprint density at radius 2 is 2.29 bits per heavy atom. The van der Waals surface area contributed by atoms with E-state index in [4.69, 9.17) is 4.74 Å². The van der Waals surface area contributed by atoms with Crippen LogP contribution in [-0.2, 0) is 9.53 Å². The third kappa shape index (κ3) is 2.47. The predicted octanol–water partition coefficient (Wildman–Crippen LogP) is 1.16. The van der Waals surface area contributed by atoms with Crippen LogP contribution in [-0.4, -0.2) is 36.7 Å².